The summed E-state index contributed by atoms with van der Waals surface area (Å²) in [6.07, 6.45) is 8.40. The monoisotopic (exact) mass is 546 g/mol. The fourth-order valence-electron chi connectivity index (χ4n) is 7.23. The lowest BCUT2D eigenvalue weighted by atomic mass is 9.82. The fourth-order valence-corrected chi connectivity index (χ4v) is 7.23. The predicted octanol–water partition coefficient (Wildman–Crippen LogP) is 12.3. The van der Waals surface area contributed by atoms with Crippen molar-refractivity contribution in [1.82, 2.24) is 0 Å². The molecule has 0 saturated heterocycles. The zero-order valence-electron chi connectivity index (χ0n) is 24.1. The molecule has 0 N–H and O–H groups in total. The van der Waals surface area contributed by atoms with E-state index in [-0.39, 0.29) is 0 Å². The smallest absolute Gasteiger partial charge is 0.000741 e. The van der Waals surface area contributed by atoms with Crippen molar-refractivity contribution in [2.75, 3.05) is 0 Å². The van der Waals surface area contributed by atoms with E-state index in [4.69, 9.17) is 0 Å². The molecule has 0 spiro atoms. The van der Waals surface area contributed by atoms with E-state index >= 15 is 0 Å². The van der Waals surface area contributed by atoms with Crippen molar-refractivity contribution in [2.45, 2.75) is 6.92 Å². The maximum atomic E-state index is 4.08. The standard InChI is InChI=1S/C43H30/c1-3-14-29(15-4-2)39-35-21-10-11-22-36(35)40(30-17-6-5-7-18-30)43-38-27-26-33(34-24-13-25-37(41(34)38)42(39)43)32-23-12-19-28-16-8-9-20-31(28)32/h3-27H,1H2,2H3/b15-4-,29-14+. The summed E-state index contributed by atoms with van der Waals surface area (Å²) in [6.45, 7) is 6.17. The van der Waals surface area contributed by atoms with E-state index in [0.29, 0.717) is 0 Å². The SMILES string of the molecule is C=C/C=C(\C=C/C)c1c2c(c(-c3ccccc3)c3ccccc13)-c1ccc(-c3cccc4ccccc34)c3cccc-2c13. The molecule has 0 amide bonds. The zero-order valence-corrected chi connectivity index (χ0v) is 24.1. The summed E-state index contributed by atoms with van der Waals surface area (Å²) in [5, 5.41) is 7.68. The first-order chi connectivity index (χ1) is 21.3. The van der Waals surface area contributed by atoms with Gasteiger partial charge in [0.1, 0.15) is 0 Å². The average molecular weight is 547 g/mol. The molecule has 0 bridgehead atoms. The summed E-state index contributed by atoms with van der Waals surface area (Å²) >= 11 is 0. The first kappa shape index (κ1) is 25.3. The molecule has 0 unspecified atom stereocenters. The van der Waals surface area contributed by atoms with Gasteiger partial charge < -0.3 is 0 Å². The molecular weight excluding hydrogens is 516 g/mol. The van der Waals surface area contributed by atoms with Crippen LogP contribution in [0.25, 0.3) is 82.4 Å². The second kappa shape index (κ2) is 10.1. The lowest BCUT2D eigenvalue weighted by Crippen LogP contribution is -1.95. The van der Waals surface area contributed by atoms with E-state index in [9.17, 15) is 0 Å². The molecule has 43 heavy (non-hydrogen) atoms. The van der Waals surface area contributed by atoms with Crippen LogP contribution in [0.15, 0.2) is 158 Å². The average Bonchev–Trinajstić information content (AvgIpc) is 3.39. The number of fused-ring (bicyclic) bond motifs is 5. The van der Waals surface area contributed by atoms with Gasteiger partial charge in [-0.3, -0.25) is 0 Å². The quantitative estimate of drug-likeness (QED) is 0.188. The van der Waals surface area contributed by atoms with Crippen LogP contribution in [0.1, 0.15) is 12.5 Å². The Morgan fingerprint density at radius 3 is 1.93 bits per heavy atom. The molecule has 0 nitrogen and oxygen atoms in total. The zero-order chi connectivity index (χ0) is 28.9. The summed E-state index contributed by atoms with van der Waals surface area (Å²) in [6, 6.07) is 46.7. The van der Waals surface area contributed by atoms with Crippen LogP contribution >= 0.6 is 0 Å². The van der Waals surface area contributed by atoms with Crippen LogP contribution in [0, 0.1) is 0 Å². The van der Waals surface area contributed by atoms with Crippen molar-refractivity contribution in [2.24, 2.45) is 0 Å². The fraction of sp³-hybridized carbons (Fsp3) is 0.0233. The van der Waals surface area contributed by atoms with Crippen molar-refractivity contribution in [3.63, 3.8) is 0 Å². The van der Waals surface area contributed by atoms with E-state index in [1.807, 2.05) is 6.08 Å². The van der Waals surface area contributed by atoms with Gasteiger partial charge in [-0.15, -0.1) is 0 Å². The molecule has 202 valence electrons. The van der Waals surface area contributed by atoms with Gasteiger partial charge in [-0.2, -0.15) is 0 Å². The summed E-state index contributed by atoms with van der Waals surface area (Å²) in [5.41, 5.74) is 12.7. The minimum Gasteiger partial charge on any atom is -0.0990 e. The van der Waals surface area contributed by atoms with Gasteiger partial charge in [0.25, 0.3) is 0 Å². The Morgan fingerprint density at radius 1 is 0.512 bits per heavy atom. The maximum absolute atomic E-state index is 4.08. The van der Waals surface area contributed by atoms with Crippen LogP contribution in [0.2, 0.25) is 0 Å². The van der Waals surface area contributed by atoms with E-state index in [1.54, 1.807) is 0 Å². The van der Waals surface area contributed by atoms with Crippen molar-refractivity contribution in [1.29, 1.82) is 0 Å². The minimum absolute atomic E-state index is 1.17. The van der Waals surface area contributed by atoms with Gasteiger partial charge >= 0.3 is 0 Å². The van der Waals surface area contributed by atoms with Crippen LogP contribution in [0.5, 0.6) is 0 Å². The third-order valence-electron chi connectivity index (χ3n) is 8.87. The molecule has 7 aromatic rings. The summed E-state index contributed by atoms with van der Waals surface area (Å²) in [5.74, 6) is 0. The van der Waals surface area contributed by atoms with Gasteiger partial charge in [0.2, 0.25) is 0 Å². The first-order valence-corrected chi connectivity index (χ1v) is 14.9. The van der Waals surface area contributed by atoms with Crippen LogP contribution in [-0.4, -0.2) is 0 Å². The Labute approximate surface area is 252 Å². The van der Waals surface area contributed by atoms with E-state index < -0.39 is 0 Å². The van der Waals surface area contributed by atoms with Crippen LogP contribution in [0.4, 0.5) is 0 Å². The number of hydrogen-bond acceptors (Lipinski definition) is 0. The molecule has 0 atom stereocenters. The predicted molar refractivity (Wildman–Crippen MR) is 187 cm³/mol. The van der Waals surface area contributed by atoms with Gasteiger partial charge in [0.05, 0.1) is 0 Å². The Kier molecular flexibility index (Phi) is 5.94. The Bertz CT molecular complexity index is 2290. The number of benzene rings is 7. The highest BCUT2D eigenvalue weighted by molar-refractivity contribution is 6.28. The molecule has 0 heteroatoms. The third kappa shape index (κ3) is 3.77. The van der Waals surface area contributed by atoms with Crippen molar-refractivity contribution in [3.05, 3.63) is 164 Å². The first-order valence-electron chi connectivity index (χ1n) is 14.9. The molecule has 1 aliphatic carbocycles. The molecule has 0 heterocycles. The Balaban J connectivity index is 1.56. The van der Waals surface area contributed by atoms with E-state index in [0.717, 1.165) is 0 Å². The van der Waals surface area contributed by atoms with Gasteiger partial charge in [0, 0.05) is 0 Å². The summed E-state index contributed by atoms with van der Waals surface area (Å²) in [7, 11) is 0. The molecular formula is C43H30. The maximum Gasteiger partial charge on any atom is -0.000741 e. The Hall–Kier alpha value is -5.46. The molecule has 0 radical (unpaired) electrons. The second-order valence-corrected chi connectivity index (χ2v) is 11.2. The molecule has 8 rings (SSSR count). The minimum atomic E-state index is 1.17. The highest BCUT2D eigenvalue weighted by Crippen LogP contribution is 2.57. The highest BCUT2D eigenvalue weighted by atomic mass is 14.3. The third-order valence-corrected chi connectivity index (χ3v) is 8.87. The number of allylic oxidation sites excluding steroid dienone is 5. The van der Waals surface area contributed by atoms with E-state index in [1.165, 1.54) is 88.0 Å². The molecule has 0 saturated carbocycles. The van der Waals surface area contributed by atoms with E-state index in [2.05, 4.69) is 159 Å². The van der Waals surface area contributed by atoms with Gasteiger partial charge in [0.15, 0.2) is 0 Å². The molecule has 0 fully saturated rings. The lowest BCUT2D eigenvalue weighted by molar-refractivity contribution is 1.61. The number of rotatable bonds is 5. The van der Waals surface area contributed by atoms with Gasteiger partial charge in [-0.05, 0) is 94.9 Å². The Morgan fingerprint density at radius 2 is 1.12 bits per heavy atom. The van der Waals surface area contributed by atoms with Crippen LogP contribution in [0.3, 0.4) is 0 Å². The van der Waals surface area contributed by atoms with Crippen LogP contribution < -0.4 is 0 Å². The van der Waals surface area contributed by atoms with Gasteiger partial charge in [-0.1, -0.05) is 158 Å². The molecule has 1 aliphatic rings. The molecule has 0 aliphatic heterocycles. The normalized spacial score (nSPS) is 12.4. The lowest BCUT2D eigenvalue weighted by Gasteiger charge is -2.20. The topological polar surface area (TPSA) is 0 Å². The molecule has 0 aromatic heterocycles. The number of hydrogen-bond donors (Lipinski definition) is 0. The summed E-state index contributed by atoms with van der Waals surface area (Å²) in [4.78, 5) is 0. The molecule has 7 aromatic carbocycles. The van der Waals surface area contributed by atoms with Crippen LogP contribution in [-0.2, 0) is 0 Å². The van der Waals surface area contributed by atoms with Crippen molar-refractivity contribution in [3.8, 4) is 44.5 Å². The summed E-state index contributed by atoms with van der Waals surface area (Å²) < 4.78 is 0. The van der Waals surface area contributed by atoms with Crippen molar-refractivity contribution >= 4 is 37.9 Å². The largest absolute Gasteiger partial charge is 0.0990 e. The highest BCUT2D eigenvalue weighted by Gasteiger charge is 2.31. The van der Waals surface area contributed by atoms with Crippen molar-refractivity contribution < 1.29 is 0 Å². The van der Waals surface area contributed by atoms with Gasteiger partial charge in [-0.25, -0.2) is 0 Å². The second-order valence-electron chi connectivity index (χ2n) is 11.2.